The molecule has 16 heavy (non-hydrogen) atoms. The van der Waals surface area contributed by atoms with Crippen LogP contribution in [0, 0.1) is 18.8 Å². The van der Waals surface area contributed by atoms with Crippen molar-refractivity contribution in [2.45, 2.75) is 39.5 Å². The summed E-state index contributed by atoms with van der Waals surface area (Å²) in [6.07, 6.45) is 1.36. The van der Waals surface area contributed by atoms with Crippen LogP contribution in [0.3, 0.4) is 0 Å². The van der Waals surface area contributed by atoms with Crippen molar-refractivity contribution in [1.29, 1.82) is 0 Å². The van der Waals surface area contributed by atoms with E-state index in [-0.39, 0.29) is 0 Å². The van der Waals surface area contributed by atoms with Gasteiger partial charge in [-0.3, -0.25) is 0 Å². The monoisotopic (exact) mass is 237 g/mol. The molecule has 1 aromatic heterocycles. The second-order valence-electron chi connectivity index (χ2n) is 5.78. The standard InChI is InChI=1S/C14H23NS/c1-10(2)8-15-9-12-7-14(12,4)13-6-5-11(3)16-13/h5-6,10,12,15H,7-9H2,1-4H3. The maximum atomic E-state index is 3.58. The van der Waals surface area contributed by atoms with E-state index in [1.807, 2.05) is 11.3 Å². The topological polar surface area (TPSA) is 12.0 Å². The molecule has 0 aliphatic heterocycles. The van der Waals surface area contributed by atoms with Gasteiger partial charge in [-0.2, -0.15) is 0 Å². The molecule has 1 N–H and O–H groups in total. The molecule has 0 amide bonds. The Hall–Kier alpha value is -0.340. The van der Waals surface area contributed by atoms with E-state index in [1.54, 1.807) is 4.88 Å². The molecule has 2 unspecified atom stereocenters. The molecule has 1 aliphatic rings. The summed E-state index contributed by atoms with van der Waals surface area (Å²) in [4.78, 5) is 3.03. The summed E-state index contributed by atoms with van der Waals surface area (Å²) in [7, 11) is 0. The Morgan fingerprint density at radius 3 is 2.81 bits per heavy atom. The van der Waals surface area contributed by atoms with E-state index in [9.17, 15) is 0 Å². The van der Waals surface area contributed by atoms with Crippen LogP contribution in [0.1, 0.15) is 36.9 Å². The van der Waals surface area contributed by atoms with Crippen LogP contribution < -0.4 is 5.32 Å². The minimum absolute atomic E-state index is 0.475. The van der Waals surface area contributed by atoms with Gasteiger partial charge < -0.3 is 5.32 Å². The predicted molar refractivity (Wildman–Crippen MR) is 72.2 cm³/mol. The first-order chi connectivity index (χ1) is 7.52. The molecular formula is C14H23NS. The van der Waals surface area contributed by atoms with Crippen LogP contribution in [0.5, 0.6) is 0 Å². The van der Waals surface area contributed by atoms with Crippen LogP contribution in [-0.4, -0.2) is 13.1 Å². The van der Waals surface area contributed by atoms with Crippen molar-refractivity contribution >= 4 is 11.3 Å². The Kier molecular flexibility index (Phi) is 3.41. The summed E-state index contributed by atoms with van der Waals surface area (Å²) >= 11 is 1.97. The van der Waals surface area contributed by atoms with Crippen LogP contribution in [0.4, 0.5) is 0 Å². The van der Waals surface area contributed by atoms with Crippen LogP contribution in [0.15, 0.2) is 12.1 Å². The predicted octanol–water partition coefficient (Wildman–Crippen LogP) is 3.58. The van der Waals surface area contributed by atoms with Crippen molar-refractivity contribution in [3.63, 3.8) is 0 Å². The van der Waals surface area contributed by atoms with Gasteiger partial charge in [0, 0.05) is 15.2 Å². The second kappa shape index (κ2) is 4.50. The molecule has 1 heterocycles. The van der Waals surface area contributed by atoms with Crippen LogP contribution in [0.25, 0.3) is 0 Å². The summed E-state index contributed by atoms with van der Waals surface area (Å²) in [6, 6.07) is 4.57. The third-order valence-corrected chi connectivity index (χ3v) is 4.94. The van der Waals surface area contributed by atoms with Gasteiger partial charge in [-0.05, 0) is 50.4 Å². The summed E-state index contributed by atoms with van der Waals surface area (Å²) in [5.41, 5.74) is 0.475. The first-order valence-corrected chi connectivity index (χ1v) is 7.11. The van der Waals surface area contributed by atoms with Gasteiger partial charge in [-0.1, -0.05) is 20.8 Å². The zero-order valence-corrected chi connectivity index (χ0v) is 11.7. The Morgan fingerprint density at radius 2 is 2.25 bits per heavy atom. The van der Waals surface area contributed by atoms with E-state index >= 15 is 0 Å². The van der Waals surface area contributed by atoms with Crippen LogP contribution in [0.2, 0.25) is 0 Å². The lowest BCUT2D eigenvalue weighted by molar-refractivity contribution is 0.517. The number of nitrogens with one attached hydrogen (secondary N) is 1. The van der Waals surface area contributed by atoms with E-state index in [0.29, 0.717) is 5.41 Å². The van der Waals surface area contributed by atoms with Gasteiger partial charge in [0.1, 0.15) is 0 Å². The van der Waals surface area contributed by atoms with E-state index < -0.39 is 0 Å². The number of aryl methyl sites for hydroxylation is 1. The minimum atomic E-state index is 0.475. The molecule has 1 saturated carbocycles. The molecular weight excluding hydrogens is 214 g/mol. The Bertz CT molecular complexity index is 355. The smallest absolute Gasteiger partial charge is 0.0110 e. The summed E-state index contributed by atoms with van der Waals surface area (Å²) in [5.74, 6) is 1.61. The number of rotatable bonds is 5. The first kappa shape index (κ1) is 12.1. The summed E-state index contributed by atoms with van der Waals surface area (Å²) < 4.78 is 0. The molecule has 2 rings (SSSR count). The van der Waals surface area contributed by atoms with Gasteiger partial charge in [-0.15, -0.1) is 11.3 Å². The third kappa shape index (κ3) is 2.49. The molecule has 2 atom stereocenters. The van der Waals surface area contributed by atoms with Crippen LogP contribution >= 0.6 is 11.3 Å². The van der Waals surface area contributed by atoms with E-state index in [0.717, 1.165) is 18.4 Å². The Labute approximate surface area is 103 Å². The highest BCUT2D eigenvalue weighted by atomic mass is 32.1. The molecule has 1 fully saturated rings. The van der Waals surface area contributed by atoms with Crippen molar-refractivity contribution in [1.82, 2.24) is 5.32 Å². The Morgan fingerprint density at radius 1 is 1.50 bits per heavy atom. The van der Waals surface area contributed by atoms with Crippen molar-refractivity contribution in [3.05, 3.63) is 21.9 Å². The maximum absolute atomic E-state index is 3.58. The normalized spacial score (nSPS) is 28.7. The summed E-state index contributed by atoms with van der Waals surface area (Å²) in [6.45, 7) is 11.5. The molecule has 0 spiro atoms. The number of hydrogen-bond acceptors (Lipinski definition) is 2. The lowest BCUT2D eigenvalue weighted by Gasteiger charge is -2.11. The third-order valence-electron chi connectivity index (χ3n) is 3.66. The van der Waals surface area contributed by atoms with Gasteiger partial charge in [0.2, 0.25) is 0 Å². The Balaban J connectivity index is 1.84. The molecule has 0 aromatic carbocycles. The molecule has 0 radical (unpaired) electrons. The molecule has 1 aliphatic carbocycles. The number of hydrogen-bond donors (Lipinski definition) is 1. The average Bonchev–Trinajstić information content (AvgIpc) is 2.66. The van der Waals surface area contributed by atoms with Gasteiger partial charge in [0.25, 0.3) is 0 Å². The van der Waals surface area contributed by atoms with Crippen molar-refractivity contribution in [2.24, 2.45) is 11.8 Å². The fourth-order valence-corrected chi connectivity index (χ4v) is 3.44. The van der Waals surface area contributed by atoms with Gasteiger partial charge in [0.05, 0.1) is 0 Å². The molecule has 0 saturated heterocycles. The molecule has 1 nitrogen and oxygen atoms in total. The highest BCUT2D eigenvalue weighted by Gasteiger charge is 2.51. The van der Waals surface area contributed by atoms with Crippen molar-refractivity contribution in [2.75, 3.05) is 13.1 Å². The fraction of sp³-hybridized carbons (Fsp3) is 0.714. The van der Waals surface area contributed by atoms with Gasteiger partial charge >= 0.3 is 0 Å². The zero-order valence-electron chi connectivity index (χ0n) is 10.8. The molecule has 0 bridgehead atoms. The van der Waals surface area contributed by atoms with E-state index in [1.165, 1.54) is 17.8 Å². The fourth-order valence-electron chi connectivity index (χ4n) is 2.34. The van der Waals surface area contributed by atoms with Crippen molar-refractivity contribution < 1.29 is 0 Å². The van der Waals surface area contributed by atoms with Gasteiger partial charge in [-0.25, -0.2) is 0 Å². The SMILES string of the molecule is Cc1ccc(C2(C)CC2CNCC(C)C)s1. The summed E-state index contributed by atoms with van der Waals surface area (Å²) in [5, 5.41) is 3.58. The highest BCUT2D eigenvalue weighted by Crippen LogP contribution is 2.55. The van der Waals surface area contributed by atoms with Crippen molar-refractivity contribution in [3.8, 4) is 0 Å². The highest BCUT2D eigenvalue weighted by molar-refractivity contribution is 7.12. The molecule has 1 aromatic rings. The largest absolute Gasteiger partial charge is 0.316 e. The lowest BCUT2D eigenvalue weighted by atomic mass is 10.0. The average molecular weight is 237 g/mol. The first-order valence-electron chi connectivity index (χ1n) is 6.30. The lowest BCUT2D eigenvalue weighted by Crippen LogP contribution is -2.24. The quantitative estimate of drug-likeness (QED) is 0.825. The molecule has 90 valence electrons. The van der Waals surface area contributed by atoms with E-state index in [4.69, 9.17) is 0 Å². The minimum Gasteiger partial charge on any atom is -0.316 e. The maximum Gasteiger partial charge on any atom is 0.0110 e. The zero-order chi connectivity index (χ0) is 11.8. The molecule has 2 heteroatoms. The van der Waals surface area contributed by atoms with E-state index in [2.05, 4.69) is 45.1 Å². The van der Waals surface area contributed by atoms with Gasteiger partial charge in [0.15, 0.2) is 0 Å². The number of thiophene rings is 1. The second-order valence-corrected chi connectivity index (χ2v) is 7.07. The van der Waals surface area contributed by atoms with Crippen LogP contribution in [-0.2, 0) is 5.41 Å².